The molecule has 0 aliphatic carbocycles. The molecule has 3 aromatic carbocycles. The fraction of sp³-hybridized carbons (Fsp3) is 0.125. The SMILES string of the molecule is C#Cc1ccc(-c2cc(=O)c3cc(OC)c4c(OC)ccc(OC)c4c3o2)cc1. The van der Waals surface area contributed by atoms with Gasteiger partial charge in [-0.15, -0.1) is 6.42 Å². The van der Waals surface area contributed by atoms with Crippen LogP contribution in [0.2, 0.25) is 0 Å². The van der Waals surface area contributed by atoms with E-state index < -0.39 is 0 Å². The van der Waals surface area contributed by atoms with Crippen molar-refractivity contribution in [2.75, 3.05) is 21.3 Å². The van der Waals surface area contributed by atoms with Gasteiger partial charge in [0.25, 0.3) is 0 Å². The maximum absolute atomic E-state index is 12.9. The average Bonchev–Trinajstić information content (AvgIpc) is 2.77. The molecule has 4 aromatic rings. The number of terminal acetylenes is 1. The summed E-state index contributed by atoms with van der Waals surface area (Å²) in [4.78, 5) is 12.9. The summed E-state index contributed by atoms with van der Waals surface area (Å²) in [6.45, 7) is 0. The first-order chi connectivity index (χ1) is 14.1. The summed E-state index contributed by atoms with van der Waals surface area (Å²) in [5, 5.41) is 1.68. The molecule has 4 rings (SSSR count). The fourth-order valence-corrected chi connectivity index (χ4v) is 3.44. The van der Waals surface area contributed by atoms with Gasteiger partial charge in [-0.3, -0.25) is 4.79 Å². The van der Waals surface area contributed by atoms with Crippen LogP contribution in [0.5, 0.6) is 17.2 Å². The molecule has 0 saturated carbocycles. The van der Waals surface area contributed by atoms with Crippen molar-refractivity contribution in [3.05, 3.63) is 64.3 Å². The van der Waals surface area contributed by atoms with Gasteiger partial charge < -0.3 is 18.6 Å². The molecule has 0 unspecified atom stereocenters. The summed E-state index contributed by atoms with van der Waals surface area (Å²) in [6.07, 6.45) is 5.42. The van der Waals surface area contributed by atoms with Gasteiger partial charge in [0.05, 0.1) is 37.5 Å². The zero-order valence-electron chi connectivity index (χ0n) is 16.2. The lowest BCUT2D eigenvalue weighted by Crippen LogP contribution is -2.03. The molecule has 5 nitrogen and oxygen atoms in total. The van der Waals surface area contributed by atoms with Gasteiger partial charge in [0.1, 0.15) is 23.0 Å². The third kappa shape index (κ3) is 2.95. The Morgan fingerprint density at radius 2 is 1.45 bits per heavy atom. The second-order valence-electron chi connectivity index (χ2n) is 6.37. The molecule has 0 fully saturated rings. The monoisotopic (exact) mass is 386 g/mol. The predicted molar refractivity (Wildman–Crippen MR) is 113 cm³/mol. The topological polar surface area (TPSA) is 57.9 Å². The number of rotatable bonds is 4. The van der Waals surface area contributed by atoms with Crippen LogP contribution in [0, 0.1) is 12.3 Å². The Bertz CT molecular complexity index is 1320. The maximum atomic E-state index is 12.9. The minimum atomic E-state index is -0.188. The van der Waals surface area contributed by atoms with Gasteiger partial charge in [-0.1, -0.05) is 5.92 Å². The highest BCUT2D eigenvalue weighted by Crippen LogP contribution is 2.43. The number of methoxy groups -OCH3 is 3. The number of fused-ring (bicyclic) bond motifs is 3. The van der Waals surface area contributed by atoms with Gasteiger partial charge in [-0.2, -0.15) is 0 Å². The average molecular weight is 386 g/mol. The molecule has 0 spiro atoms. The van der Waals surface area contributed by atoms with Crippen molar-refractivity contribution in [3.63, 3.8) is 0 Å². The molecule has 0 saturated heterocycles. The van der Waals surface area contributed by atoms with E-state index in [4.69, 9.17) is 25.1 Å². The molecule has 1 heterocycles. The van der Waals surface area contributed by atoms with Crippen LogP contribution in [0.3, 0.4) is 0 Å². The van der Waals surface area contributed by atoms with Gasteiger partial charge in [-0.25, -0.2) is 0 Å². The fourth-order valence-electron chi connectivity index (χ4n) is 3.44. The number of hydrogen-bond acceptors (Lipinski definition) is 5. The lowest BCUT2D eigenvalue weighted by molar-refractivity contribution is 0.400. The molecule has 0 amide bonds. The molecule has 144 valence electrons. The van der Waals surface area contributed by atoms with E-state index in [9.17, 15) is 4.79 Å². The Morgan fingerprint density at radius 3 is 2.03 bits per heavy atom. The summed E-state index contributed by atoms with van der Waals surface area (Å²) in [5.41, 5.74) is 1.71. The molecule has 1 aromatic heterocycles. The van der Waals surface area contributed by atoms with Crippen LogP contribution >= 0.6 is 0 Å². The summed E-state index contributed by atoms with van der Waals surface area (Å²) in [5.74, 6) is 4.65. The van der Waals surface area contributed by atoms with Crippen molar-refractivity contribution in [1.29, 1.82) is 0 Å². The highest BCUT2D eigenvalue weighted by Gasteiger charge is 2.20. The molecular formula is C24H18O5. The molecule has 0 aliphatic heterocycles. The highest BCUT2D eigenvalue weighted by molar-refractivity contribution is 6.13. The van der Waals surface area contributed by atoms with E-state index in [1.165, 1.54) is 6.07 Å². The van der Waals surface area contributed by atoms with E-state index in [1.54, 1.807) is 51.7 Å². The van der Waals surface area contributed by atoms with Crippen LogP contribution < -0.4 is 19.6 Å². The van der Waals surface area contributed by atoms with E-state index in [2.05, 4.69) is 5.92 Å². The van der Waals surface area contributed by atoms with Gasteiger partial charge in [0, 0.05) is 17.2 Å². The minimum Gasteiger partial charge on any atom is -0.496 e. The van der Waals surface area contributed by atoms with Crippen molar-refractivity contribution in [3.8, 4) is 40.9 Å². The highest BCUT2D eigenvalue weighted by atomic mass is 16.5. The number of ether oxygens (including phenoxy) is 3. The third-order valence-electron chi connectivity index (χ3n) is 4.86. The van der Waals surface area contributed by atoms with E-state index in [0.717, 1.165) is 11.1 Å². The van der Waals surface area contributed by atoms with Crippen LogP contribution in [0.1, 0.15) is 5.56 Å². The second kappa shape index (κ2) is 7.25. The first kappa shape index (κ1) is 18.5. The Hall–Kier alpha value is -3.91. The summed E-state index contributed by atoms with van der Waals surface area (Å²) < 4.78 is 22.8. The van der Waals surface area contributed by atoms with Crippen molar-refractivity contribution in [2.45, 2.75) is 0 Å². The first-order valence-electron chi connectivity index (χ1n) is 8.87. The van der Waals surface area contributed by atoms with E-state index >= 15 is 0 Å². The molecule has 5 heteroatoms. The van der Waals surface area contributed by atoms with Gasteiger partial charge in [-0.05, 0) is 42.5 Å². The van der Waals surface area contributed by atoms with E-state index in [0.29, 0.717) is 44.8 Å². The van der Waals surface area contributed by atoms with Crippen LogP contribution in [0.25, 0.3) is 33.1 Å². The zero-order valence-corrected chi connectivity index (χ0v) is 16.2. The summed E-state index contributed by atoms with van der Waals surface area (Å²) in [6, 6.07) is 13.9. The number of benzene rings is 3. The van der Waals surface area contributed by atoms with Gasteiger partial charge in [0.2, 0.25) is 0 Å². The second-order valence-corrected chi connectivity index (χ2v) is 6.37. The molecule has 0 N–H and O–H groups in total. The van der Waals surface area contributed by atoms with Crippen molar-refractivity contribution < 1.29 is 18.6 Å². The Balaban J connectivity index is 2.14. The Labute approximate surface area is 167 Å². The first-order valence-corrected chi connectivity index (χ1v) is 8.87. The summed E-state index contributed by atoms with van der Waals surface area (Å²) >= 11 is 0. The van der Waals surface area contributed by atoms with Gasteiger partial charge in [0.15, 0.2) is 11.0 Å². The lowest BCUT2D eigenvalue weighted by Gasteiger charge is -2.15. The van der Waals surface area contributed by atoms with Crippen molar-refractivity contribution in [1.82, 2.24) is 0 Å². The van der Waals surface area contributed by atoms with Crippen molar-refractivity contribution in [2.24, 2.45) is 0 Å². The largest absolute Gasteiger partial charge is 0.496 e. The summed E-state index contributed by atoms with van der Waals surface area (Å²) in [7, 11) is 4.68. The number of hydrogen-bond donors (Lipinski definition) is 0. The van der Waals surface area contributed by atoms with Crippen molar-refractivity contribution >= 4 is 21.7 Å². The Morgan fingerprint density at radius 1 is 0.828 bits per heavy atom. The lowest BCUT2D eigenvalue weighted by atomic mass is 10.0. The van der Waals surface area contributed by atoms with Crippen LogP contribution in [-0.4, -0.2) is 21.3 Å². The van der Waals surface area contributed by atoms with Crippen LogP contribution in [-0.2, 0) is 0 Å². The molecule has 0 radical (unpaired) electrons. The van der Waals surface area contributed by atoms with Gasteiger partial charge >= 0.3 is 0 Å². The smallest absolute Gasteiger partial charge is 0.193 e. The molecular weight excluding hydrogens is 368 g/mol. The Kier molecular flexibility index (Phi) is 4.61. The standard InChI is InChI=1S/C24H18O5/c1-5-14-6-8-15(9-7-14)20-13-17(25)16-12-21(28-4)22-18(26-2)10-11-19(27-3)23(22)24(16)29-20/h1,6-13H,2-4H3. The third-order valence-corrected chi connectivity index (χ3v) is 4.86. The van der Waals surface area contributed by atoms with Crippen LogP contribution in [0.4, 0.5) is 0 Å². The van der Waals surface area contributed by atoms with Crippen LogP contribution in [0.15, 0.2) is 57.7 Å². The zero-order chi connectivity index (χ0) is 20.5. The molecule has 0 bridgehead atoms. The quantitative estimate of drug-likeness (QED) is 0.378. The normalized spacial score (nSPS) is 10.7. The predicted octanol–water partition coefficient (Wildman–Crippen LogP) is 4.62. The van der Waals surface area contributed by atoms with E-state index in [-0.39, 0.29) is 5.43 Å². The molecule has 29 heavy (non-hydrogen) atoms. The maximum Gasteiger partial charge on any atom is 0.193 e. The minimum absolute atomic E-state index is 0.188. The molecule has 0 aliphatic rings. The van der Waals surface area contributed by atoms with E-state index in [1.807, 2.05) is 12.1 Å². The molecule has 0 atom stereocenters.